The van der Waals surface area contributed by atoms with Gasteiger partial charge in [0.2, 0.25) is 5.78 Å². The summed E-state index contributed by atoms with van der Waals surface area (Å²) < 4.78 is 13.4. The molecule has 0 aliphatic carbocycles. The maximum Gasteiger partial charge on any atom is 0.293 e. The standard InChI is InChI=1S/C12H6ClFO2/c13-12(16)11(15)9-5-6-10(14)8-4-2-1-3-7(8)9/h1-6H. The molecule has 2 aromatic rings. The van der Waals surface area contributed by atoms with E-state index in [1.54, 1.807) is 24.3 Å². The van der Waals surface area contributed by atoms with Gasteiger partial charge in [-0.15, -0.1) is 0 Å². The Bertz CT molecular complexity index is 593. The molecule has 2 aromatic carbocycles. The molecule has 0 aliphatic rings. The van der Waals surface area contributed by atoms with Crippen LogP contribution in [0.1, 0.15) is 10.4 Å². The van der Waals surface area contributed by atoms with E-state index >= 15 is 0 Å². The first-order valence-corrected chi connectivity index (χ1v) is 4.90. The van der Waals surface area contributed by atoms with E-state index in [1.807, 2.05) is 0 Å². The first-order chi connectivity index (χ1) is 7.61. The maximum absolute atomic E-state index is 13.4. The Morgan fingerprint density at radius 1 is 1.00 bits per heavy atom. The Morgan fingerprint density at radius 2 is 1.62 bits per heavy atom. The van der Waals surface area contributed by atoms with Gasteiger partial charge in [0.15, 0.2) is 0 Å². The molecule has 0 atom stereocenters. The molecule has 16 heavy (non-hydrogen) atoms. The van der Waals surface area contributed by atoms with E-state index in [4.69, 9.17) is 11.6 Å². The van der Waals surface area contributed by atoms with Crippen LogP contribution in [0.5, 0.6) is 0 Å². The Labute approximate surface area is 95.6 Å². The van der Waals surface area contributed by atoms with Gasteiger partial charge in [-0.2, -0.15) is 0 Å². The third-order valence-corrected chi connectivity index (χ3v) is 2.47. The number of hydrogen-bond acceptors (Lipinski definition) is 2. The van der Waals surface area contributed by atoms with Crippen LogP contribution >= 0.6 is 11.6 Å². The minimum Gasteiger partial charge on any atom is -0.284 e. The van der Waals surface area contributed by atoms with Gasteiger partial charge in [0.1, 0.15) is 5.82 Å². The molecule has 4 heteroatoms. The minimum absolute atomic E-state index is 0.122. The summed E-state index contributed by atoms with van der Waals surface area (Å²) in [7, 11) is 0. The lowest BCUT2D eigenvalue weighted by molar-refractivity contribution is -0.108. The quantitative estimate of drug-likeness (QED) is 0.456. The minimum atomic E-state index is -1.07. The van der Waals surface area contributed by atoms with Crippen molar-refractivity contribution >= 4 is 33.4 Å². The molecule has 0 aromatic heterocycles. The Balaban J connectivity index is 2.77. The van der Waals surface area contributed by atoms with E-state index in [-0.39, 0.29) is 5.56 Å². The van der Waals surface area contributed by atoms with Gasteiger partial charge in [0.25, 0.3) is 5.24 Å². The Morgan fingerprint density at radius 3 is 2.25 bits per heavy atom. The molecule has 0 amide bonds. The third-order valence-electron chi connectivity index (χ3n) is 2.29. The van der Waals surface area contributed by atoms with Crippen LogP contribution in [0.4, 0.5) is 4.39 Å². The molecule has 0 saturated heterocycles. The monoisotopic (exact) mass is 236 g/mol. The number of ketones is 1. The molecule has 0 saturated carbocycles. The SMILES string of the molecule is O=C(Cl)C(=O)c1ccc(F)c2ccccc12. The van der Waals surface area contributed by atoms with Gasteiger partial charge in [0, 0.05) is 10.9 Å². The van der Waals surface area contributed by atoms with Crippen LogP contribution in [-0.2, 0) is 4.79 Å². The van der Waals surface area contributed by atoms with Crippen molar-refractivity contribution in [2.75, 3.05) is 0 Å². The van der Waals surface area contributed by atoms with Crippen LogP contribution < -0.4 is 0 Å². The zero-order chi connectivity index (χ0) is 11.7. The van der Waals surface area contributed by atoms with Crippen LogP contribution in [-0.4, -0.2) is 11.0 Å². The lowest BCUT2D eigenvalue weighted by Gasteiger charge is -2.03. The topological polar surface area (TPSA) is 34.1 Å². The largest absolute Gasteiger partial charge is 0.293 e. The summed E-state index contributed by atoms with van der Waals surface area (Å²) in [5.41, 5.74) is 0.122. The number of hydrogen-bond donors (Lipinski definition) is 0. The van der Waals surface area contributed by atoms with Crippen LogP contribution in [0, 0.1) is 5.82 Å². The normalized spacial score (nSPS) is 10.4. The van der Waals surface area contributed by atoms with E-state index in [1.165, 1.54) is 6.07 Å². The molecular weight excluding hydrogens is 231 g/mol. The summed E-state index contributed by atoms with van der Waals surface area (Å²) in [5, 5.41) is -0.385. The van der Waals surface area contributed by atoms with Crippen LogP contribution in [0.3, 0.4) is 0 Å². The van der Waals surface area contributed by atoms with Gasteiger partial charge < -0.3 is 0 Å². The average molecular weight is 237 g/mol. The summed E-state index contributed by atoms with van der Waals surface area (Å²) in [4.78, 5) is 22.3. The lowest BCUT2D eigenvalue weighted by atomic mass is 10.0. The highest BCUT2D eigenvalue weighted by molar-refractivity contribution is 6.83. The summed E-state index contributed by atoms with van der Waals surface area (Å²) >= 11 is 5.12. The second kappa shape index (κ2) is 4.02. The fourth-order valence-corrected chi connectivity index (χ4v) is 1.67. The first kappa shape index (κ1) is 10.8. The highest BCUT2D eigenvalue weighted by Gasteiger charge is 2.17. The van der Waals surface area contributed by atoms with Gasteiger partial charge in [-0.3, -0.25) is 9.59 Å². The third kappa shape index (κ3) is 1.70. The molecule has 0 fully saturated rings. The van der Waals surface area contributed by atoms with Crippen molar-refractivity contribution < 1.29 is 14.0 Å². The average Bonchev–Trinajstić information content (AvgIpc) is 2.29. The molecule has 80 valence electrons. The van der Waals surface area contributed by atoms with Crippen molar-refractivity contribution in [2.24, 2.45) is 0 Å². The van der Waals surface area contributed by atoms with Crippen molar-refractivity contribution in [2.45, 2.75) is 0 Å². The summed E-state index contributed by atoms with van der Waals surface area (Å²) in [6, 6.07) is 8.85. The predicted molar refractivity (Wildman–Crippen MR) is 59.1 cm³/mol. The number of benzene rings is 2. The number of rotatable bonds is 2. The van der Waals surface area contributed by atoms with Crippen molar-refractivity contribution in [3.63, 3.8) is 0 Å². The van der Waals surface area contributed by atoms with E-state index in [9.17, 15) is 14.0 Å². The van der Waals surface area contributed by atoms with E-state index in [2.05, 4.69) is 0 Å². The molecule has 0 bridgehead atoms. The second-order valence-electron chi connectivity index (χ2n) is 3.24. The smallest absolute Gasteiger partial charge is 0.284 e. The van der Waals surface area contributed by atoms with Gasteiger partial charge in [-0.05, 0) is 29.1 Å². The predicted octanol–water partition coefficient (Wildman–Crippen LogP) is 2.93. The van der Waals surface area contributed by atoms with Gasteiger partial charge in [-0.25, -0.2) is 4.39 Å². The molecule has 2 rings (SSSR count). The van der Waals surface area contributed by atoms with Crippen molar-refractivity contribution in [1.82, 2.24) is 0 Å². The molecule has 0 spiro atoms. The number of halogens is 2. The van der Waals surface area contributed by atoms with Gasteiger partial charge >= 0.3 is 0 Å². The molecule has 0 aliphatic heterocycles. The Kier molecular flexibility index (Phi) is 2.71. The van der Waals surface area contributed by atoms with Crippen molar-refractivity contribution in [3.8, 4) is 0 Å². The zero-order valence-corrected chi connectivity index (χ0v) is 8.79. The number of Topliss-reactive ketones (excluding diaryl/α,β-unsaturated/α-hetero) is 1. The van der Waals surface area contributed by atoms with Crippen molar-refractivity contribution in [1.29, 1.82) is 0 Å². The molecule has 0 unspecified atom stereocenters. The van der Waals surface area contributed by atoms with Crippen LogP contribution in [0.15, 0.2) is 36.4 Å². The van der Waals surface area contributed by atoms with Crippen LogP contribution in [0.25, 0.3) is 10.8 Å². The van der Waals surface area contributed by atoms with E-state index < -0.39 is 16.8 Å². The highest BCUT2D eigenvalue weighted by atomic mass is 35.5. The summed E-state index contributed by atoms with van der Waals surface area (Å²) in [5.74, 6) is -1.26. The highest BCUT2D eigenvalue weighted by Crippen LogP contribution is 2.22. The lowest BCUT2D eigenvalue weighted by Crippen LogP contribution is -2.08. The fourth-order valence-electron chi connectivity index (χ4n) is 1.57. The second-order valence-corrected chi connectivity index (χ2v) is 3.59. The van der Waals surface area contributed by atoms with Gasteiger partial charge in [0.05, 0.1) is 0 Å². The first-order valence-electron chi connectivity index (χ1n) is 4.52. The molecule has 0 heterocycles. The molecule has 2 nitrogen and oxygen atoms in total. The maximum atomic E-state index is 13.4. The zero-order valence-electron chi connectivity index (χ0n) is 8.04. The molecule has 0 N–H and O–H groups in total. The van der Waals surface area contributed by atoms with Crippen LogP contribution in [0.2, 0.25) is 0 Å². The van der Waals surface area contributed by atoms with Gasteiger partial charge in [-0.1, -0.05) is 24.3 Å². The van der Waals surface area contributed by atoms with E-state index in [0.29, 0.717) is 10.8 Å². The number of carbonyl (C=O) groups is 2. The Hall–Kier alpha value is -1.74. The number of carbonyl (C=O) groups excluding carboxylic acids is 2. The molecule has 0 radical (unpaired) electrons. The molecular formula is C12H6ClFO2. The number of fused-ring (bicyclic) bond motifs is 1. The van der Waals surface area contributed by atoms with Crippen molar-refractivity contribution in [3.05, 3.63) is 47.8 Å². The summed E-state index contributed by atoms with van der Waals surface area (Å²) in [6.07, 6.45) is 0. The van der Waals surface area contributed by atoms with E-state index in [0.717, 1.165) is 6.07 Å². The fraction of sp³-hybridized carbons (Fsp3) is 0. The summed E-state index contributed by atoms with van der Waals surface area (Å²) in [6.45, 7) is 0.